The molecule has 0 spiro atoms. The topological polar surface area (TPSA) is 148 Å². The lowest BCUT2D eigenvalue weighted by atomic mass is 9.94. The van der Waals surface area contributed by atoms with E-state index in [9.17, 15) is 29.7 Å². The van der Waals surface area contributed by atoms with Crippen molar-refractivity contribution >= 4 is 51.9 Å². The van der Waals surface area contributed by atoms with Crippen molar-refractivity contribution in [3.05, 3.63) is 46.5 Å². The molecule has 0 saturated carbocycles. The molecule has 0 bridgehead atoms. The Bertz CT molecular complexity index is 1140. The third kappa shape index (κ3) is 5.23. The quantitative estimate of drug-likeness (QED) is 0.226. The van der Waals surface area contributed by atoms with E-state index in [1.807, 2.05) is 0 Å². The van der Waals surface area contributed by atoms with Crippen LogP contribution in [0.1, 0.15) is 27.6 Å². The third-order valence-electron chi connectivity index (χ3n) is 6.26. The molecular formula is C24H28ClN3O7S. The van der Waals surface area contributed by atoms with Gasteiger partial charge in [0.05, 0.1) is 12.6 Å². The lowest BCUT2D eigenvalue weighted by Gasteiger charge is -2.42. The maximum atomic E-state index is 13.0. The molecule has 12 heteroatoms. The lowest BCUT2D eigenvalue weighted by molar-refractivity contribution is -0.173. The number of benzene rings is 2. The summed E-state index contributed by atoms with van der Waals surface area (Å²) in [7, 11) is 0. The number of thioether (sulfide) groups is 1. The Morgan fingerprint density at radius 3 is 2.53 bits per heavy atom. The molecule has 5 N–H and O–H groups in total. The van der Waals surface area contributed by atoms with Gasteiger partial charge in [0, 0.05) is 59.2 Å². The van der Waals surface area contributed by atoms with E-state index in [1.54, 1.807) is 30.3 Å². The van der Waals surface area contributed by atoms with E-state index in [0.717, 1.165) is 0 Å². The molecule has 2 heterocycles. The first-order valence-corrected chi connectivity index (χ1v) is 13.0. The molecule has 194 valence electrons. The van der Waals surface area contributed by atoms with Crippen LogP contribution in [0.25, 0.3) is 10.8 Å². The molecule has 5 atom stereocenters. The monoisotopic (exact) mass is 537 g/mol. The smallest absolute Gasteiger partial charge is 0.261 e. The van der Waals surface area contributed by atoms with Crippen LogP contribution in [0.3, 0.4) is 0 Å². The Balaban J connectivity index is 1.31. The van der Waals surface area contributed by atoms with Crippen LogP contribution in [0.4, 0.5) is 0 Å². The fraction of sp³-hybridized carbons (Fsp3) is 0.458. The number of carbonyl (C=O) groups is 3. The summed E-state index contributed by atoms with van der Waals surface area (Å²) in [6, 6.07) is 7.67. The van der Waals surface area contributed by atoms with Gasteiger partial charge in [0.2, 0.25) is 5.91 Å². The van der Waals surface area contributed by atoms with Crippen LogP contribution >= 0.6 is 23.4 Å². The molecule has 4 rings (SSSR count). The summed E-state index contributed by atoms with van der Waals surface area (Å²) in [5.74, 6) is -0.609. The minimum absolute atomic E-state index is 0.173. The SMILES string of the molecule is CC(=O)N[C@@H]1[C@@H](O)[C@H](O)[C@@H](CO)O[C@H]1SCCNCCN1C(=O)c2cccc3c(Cl)ccc(c23)C1=O. The second-order valence-corrected chi connectivity index (χ2v) is 10.3. The highest BCUT2D eigenvalue weighted by atomic mass is 35.5. The number of carbonyl (C=O) groups excluding carboxylic acids is 3. The Hall–Kier alpha value is -2.25. The molecule has 3 amide bonds. The standard InChI is InChI=1S/C24H28ClN3O7S/c1-12(30)27-19-21(32)20(31)17(11-29)35-24(19)36-10-8-26-7-9-28-22(33)14-4-2-3-13-16(25)6-5-15(18(13)14)23(28)34/h2-6,17,19-21,24,26,29,31-32H,7-11H2,1H3,(H,27,30)/t17-,19-,20-,21-,24+/m1/s1. The molecule has 36 heavy (non-hydrogen) atoms. The average molecular weight is 538 g/mol. The normalized spacial score (nSPS) is 25.9. The maximum Gasteiger partial charge on any atom is 0.261 e. The minimum Gasteiger partial charge on any atom is -0.394 e. The van der Waals surface area contributed by atoms with Crippen molar-refractivity contribution in [1.82, 2.24) is 15.5 Å². The van der Waals surface area contributed by atoms with Crippen LogP contribution < -0.4 is 10.6 Å². The molecule has 0 radical (unpaired) electrons. The van der Waals surface area contributed by atoms with Crippen LogP contribution in [-0.2, 0) is 9.53 Å². The zero-order valence-electron chi connectivity index (χ0n) is 19.5. The molecule has 2 aliphatic rings. The lowest BCUT2D eigenvalue weighted by Crippen LogP contribution is -2.63. The van der Waals surface area contributed by atoms with Gasteiger partial charge in [-0.3, -0.25) is 19.3 Å². The van der Waals surface area contributed by atoms with E-state index in [4.69, 9.17) is 16.3 Å². The highest BCUT2D eigenvalue weighted by molar-refractivity contribution is 7.99. The number of ether oxygens (including phenoxy) is 1. The van der Waals surface area contributed by atoms with Crippen LogP contribution in [0.5, 0.6) is 0 Å². The van der Waals surface area contributed by atoms with Gasteiger partial charge in [-0.05, 0) is 18.2 Å². The van der Waals surface area contributed by atoms with Gasteiger partial charge in [-0.15, -0.1) is 11.8 Å². The highest BCUT2D eigenvalue weighted by Crippen LogP contribution is 2.34. The zero-order valence-corrected chi connectivity index (χ0v) is 21.1. The number of nitrogens with zero attached hydrogens (tertiary/aromatic N) is 1. The number of nitrogens with one attached hydrogen (secondary N) is 2. The second-order valence-electron chi connectivity index (χ2n) is 8.64. The predicted octanol–water partition coefficient (Wildman–Crippen LogP) is 0.356. The Kier molecular flexibility index (Phi) is 8.51. The van der Waals surface area contributed by atoms with E-state index in [1.165, 1.54) is 23.6 Å². The fourth-order valence-corrected chi connectivity index (χ4v) is 5.86. The first kappa shape index (κ1) is 26.8. The average Bonchev–Trinajstić information content (AvgIpc) is 2.86. The fourth-order valence-electron chi connectivity index (χ4n) is 4.49. The van der Waals surface area contributed by atoms with Crippen LogP contribution in [0, 0.1) is 0 Å². The summed E-state index contributed by atoms with van der Waals surface area (Å²) in [6.45, 7) is 1.85. The summed E-state index contributed by atoms with van der Waals surface area (Å²) in [5.41, 5.74) is 0.205. The Labute approximate surface area is 216 Å². The van der Waals surface area contributed by atoms with Crippen molar-refractivity contribution in [2.24, 2.45) is 0 Å². The Morgan fingerprint density at radius 1 is 1.11 bits per heavy atom. The van der Waals surface area contributed by atoms with Crippen molar-refractivity contribution in [3.63, 3.8) is 0 Å². The number of amides is 3. The maximum absolute atomic E-state index is 13.0. The van der Waals surface area contributed by atoms with Crippen molar-refractivity contribution in [2.75, 3.05) is 32.0 Å². The molecule has 10 nitrogen and oxygen atoms in total. The van der Waals surface area contributed by atoms with Crippen molar-refractivity contribution in [1.29, 1.82) is 0 Å². The number of halogens is 1. The number of imide groups is 1. The molecule has 2 aromatic carbocycles. The van der Waals surface area contributed by atoms with E-state index < -0.39 is 36.4 Å². The highest BCUT2D eigenvalue weighted by Gasteiger charge is 2.44. The van der Waals surface area contributed by atoms with Gasteiger partial charge < -0.3 is 30.7 Å². The van der Waals surface area contributed by atoms with Gasteiger partial charge in [0.25, 0.3) is 11.8 Å². The number of hydrogen-bond donors (Lipinski definition) is 5. The molecule has 2 aromatic rings. The number of aliphatic hydroxyl groups excluding tert-OH is 3. The first-order chi connectivity index (χ1) is 17.2. The number of hydrogen-bond acceptors (Lipinski definition) is 9. The molecule has 0 aromatic heterocycles. The second kappa shape index (κ2) is 11.4. The zero-order chi connectivity index (χ0) is 26.0. The largest absolute Gasteiger partial charge is 0.394 e. The summed E-state index contributed by atoms with van der Waals surface area (Å²) < 4.78 is 5.68. The van der Waals surface area contributed by atoms with Crippen LogP contribution in [0.15, 0.2) is 30.3 Å². The molecular weight excluding hydrogens is 510 g/mol. The van der Waals surface area contributed by atoms with Gasteiger partial charge in [-0.2, -0.15) is 0 Å². The Morgan fingerprint density at radius 2 is 1.83 bits per heavy atom. The van der Waals surface area contributed by atoms with E-state index in [-0.39, 0.29) is 24.3 Å². The van der Waals surface area contributed by atoms with E-state index in [0.29, 0.717) is 45.8 Å². The van der Waals surface area contributed by atoms with E-state index >= 15 is 0 Å². The van der Waals surface area contributed by atoms with Gasteiger partial charge in [0.15, 0.2) is 0 Å². The summed E-state index contributed by atoms with van der Waals surface area (Å²) in [6.07, 6.45) is -3.58. The van der Waals surface area contributed by atoms with Crippen LogP contribution in [0.2, 0.25) is 5.02 Å². The molecule has 2 aliphatic heterocycles. The molecule has 1 saturated heterocycles. The van der Waals surface area contributed by atoms with Crippen molar-refractivity contribution < 1.29 is 34.4 Å². The third-order valence-corrected chi connectivity index (χ3v) is 7.76. The molecule has 0 aliphatic carbocycles. The van der Waals surface area contributed by atoms with Crippen molar-refractivity contribution in [2.45, 2.75) is 36.7 Å². The summed E-state index contributed by atoms with van der Waals surface area (Å²) in [5, 5.41) is 37.4. The predicted molar refractivity (Wildman–Crippen MR) is 135 cm³/mol. The van der Waals surface area contributed by atoms with Crippen LogP contribution in [-0.4, -0.2) is 99.7 Å². The number of aliphatic hydroxyl groups is 3. The number of rotatable bonds is 9. The van der Waals surface area contributed by atoms with E-state index in [2.05, 4.69) is 10.6 Å². The summed E-state index contributed by atoms with van der Waals surface area (Å²) in [4.78, 5) is 38.8. The van der Waals surface area contributed by atoms with Gasteiger partial charge in [0.1, 0.15) is 23.7 Å². The summed E-state index contributed by atoms with van der Waals surface area (Å²) >= 11 is 7.56. The van der Waals surface area contributed by atoms with Gasteiger partial charge in [-0.25, -0.2) is 0 Å². The minimum atomic E-state index is -1.33. The van der Waals surface area contributed by atoms with Crippen molar-refractivity contribution in [3.8, 4) is 0 Å². The van der Waals surface area contributed by atoms with Gasteiger partial charge >= 0.3 is 0 Å². The first-order valence-electron chi connectivity index (χ1n) is 11.5. The van der Waals surface area contributed by atoms with Gasteiger partial charge in [-0.1, -0.05) is 23.7 Å². The molecule has 1 fully saturated rings. The molecule has 0 unspecified atom stereocenters.